The molecule has 0 aliphatic rings. The number of carbonyl (C=O) groups is 19. The average molecular weight is 1520 g/mol. The topological polar surface area (TPSA) is 738 Å². The number of carbonyl (C=O) groups excluding carboxylic acids is 15. The Labute approximate surface area is 609 Å². The first-order valence-corrected chi connectivity index (χ1v) is 34.0. The molecule has 29 N–H and O–H groups in total. The van der Waals surface area contributed by atoms with E-state index in [1.165, 1.54) is 6.92 Å². The number of rotatable bonds is 54. The molecule has 106 heavy (non-hydrogen) atoms. The molecule has 44 nitrogen and oxygen atoms in total. The summed E-state index contributed by atoms with van der Waals surface area (Å²) in [6.45, 7) is 6.44. The number of hydrogen-bond acceptors (Lipinski definition) is 25. The van der Waals surface area contributed by atoms with Gasteiger partial charge in [-0.1, -0.05) is 13.8 Å². The summed E-state index contributed by atoms with van der Waals surface area (Å²) >= 11 is 0. The van der Waals surface area contributed by atoms with Crippen LogP contribution in [0.3, 0.4) is 0 Å². The summed E-state index contributed by atoms with van der Waals surface area (Å²) in [5.41, 5.74) is 22.0. The SMILES string of the molecule is CC(C)C[C@H](NC(=O)[C@H](CO)NC(=O)[C@H](C)NC(=O)[C@H](CCC(N)=O)NC(=O)[C@@H](NC(=O)[C@@H](N)CO)[C@@H](C)O)C(=O)N[C@@H](CCC(=O)O)C(=O)N[C@@H](C)C(=O)N[C@@H](CCC(=O)O)C(=O)N[C@@H](C)C(=O)N[C@@H](CCCCN)C(=O)NCC(=O)N[C@@H](CCCCN)C(=O)N[C@@H](C)C(=O)N[C@@H](CCC(=O)O)C(=O)O. The van der Waals surface area contributed by atoms with Gasteiger partial charge in [0.15, 0.2) is 0 Å². The molecule has 44 heteroatoms. The third kappa shape index (κ3) is 38.4. The number of nitrogens with two attached hydrogens (primary N) is 4. The first kappa shape index (κ1) is 95.7. The lowest BCUT2D eigenvalue weighted by Gasteiger charge is -2.27. The van der Waals surface area contributed by atoms with Crippen LogP contribution in [-0.4, -0.2) is 272 Å². The molecular formula is C62H106N18O26. The van der Waals surface area contributed by atoms with Gasteiger partial charge in [0.1, 0.15) is 84.6 Å². The third-order valence-corrected chi connectivity index (χ3v) is 15.5. The number of amides is 15. The van der Waals surface area contributed by atoms with Gasteiger partial charge in [-0.25, -0.2) is 4.79 Å². The number of carboxylic acids is 4. The van der Waals surface area contributed by atoms with Crippen molar-refractivity contribution in [3.05, 3.63) is 0 Å². The summed E-state index contributed by atoms with van der Waals surface area (Å²) in [6.07, 6.45) is -5.52. The number of aliphatic hydroxyl groups is 3. The van der Waals surface area contributed by atoms with Crippen molar-refractivity contribution in [2.75, 3.05) is 32.8 Å². The minimum atomic E-state index is -1.87. The fourth-order valence-electron chi connectivity index (χ4n) is 9.37. The molecule has 15 atom stereocenters. The molecule has 0 saturated heterocycles. The van der Waals surface area contributed by atoms with E-state index in [0.29, 0.717) is 12.8 Å². The van der Waals surface area contributed by atoms with Gasteiger partial charge in [-0.3, -0.25) is 86.3 Å². The van der Waals surface area contributed by atoms with E-state index in [4.69, 9.17) is 28.0 Å². The lowest BCUT2D eigenvalue weighted by Crippen LogP contribution is -2.61. The molecule has 0 heterocycles. The maximum Gasteiger partial charge on any atom is 0.326 e. The molecule has 0 aromatic rings. The van der Waals surface area contributed by atoms with Crippen LogP contribution in [0.2, 0.25) is 0 Å². The lowest BCUT2D eigenvalue weighted by molar-refractivity contribution is -0.143. The Hall–Kier alpha value is -10.3. The van der Waals surface area contributed by atoms with Crippen molar-refractivity contribution < 1.29 is 127 Å². The predicted molar refractivity (Wildman–Crippen MR) is 367 cm³/mol. The molecule has 0 aliphatic heterocycles. The molecule has 0 fully saturated rings. The van der Waals surface area contributed by atoms with Crippen molar-refractivity contribution in [1.29, 1.82) is 0 Å². The van der Waals surface area contributed by atoms with Gasteiger partial charge < -0.3 is 133 Å². The van der Waals surface area contributed by atoms with E-state index >= 15 is 0 Å². The highest BCUT2D eigenvalue weighted by Gasteiger charge is 2.37. The Kier molecular flexibility index (Phi) is 45.3. The highest BCUT2D eigenvalue weighted by atomic mass is 16.4. The van der Waals surface area contributed by atoms with Crippen LogP contribution in [0.4, 0.5) is 0 Å². The van der Waals surface area contributed by atoms with Crippen molar-refractivity contribution in [1.82, 2.24) is 74.4 Å². The van der Waals surface area contributed by atoms with Crippen LogP contribution < -0.4 is 97.4 Å². The van der Waals surface area contributed by atoms with Gasteiger partial charge in [-0.15, -0.1) is 0 Å². The average Bonchev–Trinajstić information content (AvgIpc) is 0.872. The molecule has 0 aromatic carbocycles. The van der Waals surface area contributed by atoms with Gasteiger partial charge in [-0.2, -0.15) is 0 Å². The minimum absolute atomic E-state index is 0.0253. The number of nitrogens with one attached hydrogen (secondary N) is 14. The standard InChI is InChI=1S/C62H106N18O26/c1-28(2)24-41(78-60(103)42(27-82)79-52(95)32(6)71-56(99)37(14-18-43(66)84)76-61(104)48(33(7)83)80-53(96)34(65)26-81)59(102)75-39(16-20-46(88)89)58(101)70-30(4)50(93)74-38(15-19-45(86)87)57(100)69-29(3)49(92)73-35(12-8-10-22-63)54(97)67-25-44(85)72-36(13-9-11-23-64)55(98)68-31(5)51(94)77-40(62(105)106)17-21-47(90)91/h28-42,48,81-83H,8-27,63-65H2,1-7H3,(H2,66,84)(H,67,97)(H,68,98)(H,69,100)(H,70,101)(H,71,99)(H,72,85)(H,73,92)(H,74,93)(H,75,102)(H,76,104)(H,77,94)(H,78,103)(H,79,95)(H,80,96)(H,86,87)(H,88,89)(H,90,91)(H,105,106)/t29-,30-,31-,32-,33+,34-,35-,36-,37-,38-,39-,40-,41-,42-,48-/m0/s1. The Morgan fingerprint density at radius 3 is 1.01 bits per heavy atom. The normalized spacial score (nSPS) is 15.3. The summed E-state index contributed by atoms with van der Waals surface area (Å²) in [7, 11) is 0. The molecule has 0 rings (SSSR count). The van der Waals surface area contributed by atoms with Crippen LogP contribution in [0.1, 0.15) is 145 Å². The quantitative estimate of drug-likeness (QED) is 0.0252. The number of unbranched alkanes of at least 4 members (excludes halogenated alkanes) is 2. The second-order valence-electron chi connectivity index (χ2n) is 25.2. The summed E-state index contributed by atoms with van der Waals surface area (Å²) in [5, 5.41) is 99.1. The molecule has 600 valence electrons. The molecule has 0 aliphatic carbocycles. The fraction of sp³-hybridized carbons (Fsp3) is 0.694. The predicted octanol–water partition coefficient (Wildman–Crippen LogP) is -10.6. The first-order chi connectivity index (χ1) is 49.5. The summed E-state index contributed by atoms with van der Waals surface area (Å²) in [6, 6.07) is -22.5. The van der Waals surface area contributed by atoms with E-state index in [1.54, 1.807) is 13.8 Å². The van der Waals surface area contributed by atoms with E-state index in [1.807, 2.05) is 0 Å². The van der Waals surface area contributed by atoms with Crippen molar-refractivity contribution in [2.24, 2.45) is 28.9 Å². The fourth-order valence-corrected chi connectivity index (χ4v) is 9.37. The van der Waals surface area contributed by atoms with Gasteiger partial charge in [0.25, 0.3) is 0 Å². The Morgan fingerprint density at radius 2 is 0.660 bits per heavy atom. The number of aliphatic carboxylic acids is 4. The van der Waals surface area contributed by atoms with E-state index < -0.39 is 280 Å². The monoisotopic (exact) mass is 1520 g/mol. The van der Waals surface area contributed by atoms with Crippen molar-refractivity contribution in [3.8, 4) is 0 Å². The van der Waals surface area contributed by atoms with Gasteiger partial charge >= 0.3 is 23.9 Å². The number of hydrogen-bond donors (Lipinski definition) is 25. The zero-order valence-electron chi connectivity index (χ0n) is 60.1. The van der Waals surface area contributed by atoms with Gasteiger partial charge in [-0.05, 0) is 124 Å². The molecule has 15 amide bonds. The molecule has 0 radical (unpaired) electrons. The second kappa shape index (κ2) is 50.2. The largest absolute Gasteiger partial charge is 0.481 e. The molecule has 0 saturated carbocycles. The van der Waals surface area contributed by atoms with E-state index in [-0.39, 0.29) is 45.2 Å². The first-order valence-electron chi connectivity index (χ1n) is 34.0. The van der Waals surface area contributed by atoms with Crippen LogP contribution in [0, 0.1) is 5.92 Å². The van der Waals surface area contributed by atoms with E-state index in [9.17, 15) is 122 Å². The van der Waals surface area contributed by atoms with Gasteiger partial charge in [0.2, 0.25) is 88.6 Å². The van der Waals surface area contributed by atoms with Crippen molar-refractivity contribution >= 4 is 112 Å². The highest BCUT2D eigenvalue weighted by Crippen LogP contribution is 2.11. The molecule has 0 spiro atoms. The Bertz CT molecular complexity index is 3050. The van der Waals surface area contributed by atoms with E-state index in [2.05, 4.69) is 74.4 Å². The highest BCUT2D eigenvalue weighted by molar-refractivity contribution is 6.00. The smallest absolute Gasteiger partial charge is 0.326 e. The van der Waals surface area contributed by atoms with Crippen molar-refractivity contribution in [3.63, 3.8) is 0 Å². The van der Waals surface area contributed by atoms with Gasteiger partial charge in [0, 0.05) is 25.7 Å². The van der Waals surface area contributed by atoms with Crippen LogP contribution >= 0.6 is 0 Å². The van der Waals surface area contributed by atoms with Gasteiger partial charge in [0.05, 0.1) is 25.9 Å². The maximum absolute atomic E-state index is 14.0. The zero-order chi connectivity index (χ0) is 81.2. The van der Waals surface area contributed by atoms with E-state index in [0.717, 1.165) is 27.7 Å². The lowest BCUT2D eigenvalue weighted by atomic mass is 10.0. The molecule has 0 bridgehead atoms. The minimum Gasteiger partial charge on any atom is -0.481 e. The van der Waals surface area contributed by atoms with Crippen LogP contribution in [0.5, 0.6) is 0 Å². The molecule has 0 unspecified atom stereocenters. The number of primary amides is 1. The van der Waals surface area contributed by atoms with Crippen LogP contribution in [-0.2, 0) is 91.1 Å². The van der Waals surface area contributed by atoms with Crippen molar-refractivity contribution in [2.45, 2.75) is 235 Å². The number of carboxylic acid groups (broad SMARTS) is 4. The second-order valence-corrected chi connectivity index (χ2v) is 25.2. The Balaban J connectivity index is 6.39. The van der Waals surface area contributed by atoms with Crippen LogP contribution in [0.25, 0.3) is 0 Å². The summed E-state index contributed by atoms with van der Waals surface area (Å²) < 4.78 is 0. The Morgan fingerprint density at radius 1 is 0.340 bits per heavy atom. The molecule has 0 aromatic heterocycles. The van der Waals surface area contributed by atoms with Crippen LogP contribution in [0.15, 0.2) is 0 Å². The third-order valence-electron chi connectivity index (χ3n) is 15.5. The summed E-state index contributed by atoms with van der Waals surface area (Å²) in [4.78, 5) is 246. The maximum atomic E-state index is 14.0. The zero-order valence-corrected chi connectivity index (χ0v) is 60.1. The molecular weight excluding hydrogens is 1410 g/mol. The summed E-state index contributed by atoms with van der Waals surface area (Å²) in [5.74, 6) is -22.2. The number of aliphatic hydroxyl groups excluding tert-OH is 3.